The van der Waals surface area contributed by atoms with E-state index in [1.165, 1.54) is 12.4 Å². The molecule has 0 aliphatic heterocycles. The Bertz CT molecular complexity index is 1210. The van der Waals surface area contributed by atoms with Gasteiger partial charge in [0.1, 0.15) is 18.7 Å². The first-order valence-corrected chi connectivity index (χ1v) is 9.84. The van der Waals surface area contributed by atoms with Crippen LogP contribution in [0.4, 0.5) is 0 Å². The number of ether oxygens (including phenoxy) is 1. The second-order valence-corrected chi connectivity index (χ2v) is 6.93. The van der Waals surface area contributed by atoms with Gasteiger partial charge in [0.25, 0.3) is 0 Å². The van der Waals surface area contributed by atoms with Gasteiger partial charge in [0.15, 0.2) is 0 Å². The van der Waals surface area contributed by atoms with Crippen molar-refractivity contribution in [3.8, 4) is 28.1 Å². The Morgan fingerprint density at radius 3 is 2.58 bits per heavy atom. The first kappa shape index (κ1) is 20.0. The van der Waals surface area contributed by atoms with Gasteiger partial charge < -0.3 is 10.5 Å². The number of nitrogens with two attached hydrogens (primary N) is 1. The van der Waals surface area contributed by atoms with Gasteiger partial charge in [-0.3, -0.25) is 4.79 Å². The van der Waals surface area contributed by atoms with Crippen LogP contribution in [0.25, 0.3) is 28.5 Å². The third-order valence-corrected chi connectivity index (χ3v) is 4.75. The Morgan fingerprint density at radius 1 is 0.935 bits per heavy atom. The number of benzene rings is 3. The Morgan fingerprint density at radius 2 is 1.81 bits per heavy atom. The molecule has 4 aromatic rings. The lowest BCUT2D eigenvalue weighted by atomic mass is 9.96. The minimum Gasteiger partial charge on any atom is -0.489 e. The Balaban J connectivity index is 1.67. The third kappa shape index (κ3) is 5.22. The molecule has 0 fully saturated rings. The molecule has 152 valence electrons. The maximum absolute atomic E-state index is 11.3. The quantitative estimate of drug-likeness (QED) is 0.443. The topological polar surface area (TPSA) is 78.1 Å². The zero-order chi connectivity index (χ0) is 21.5. The molecule has 0 aliphatic carbocycles. The Kier molecular flexibility index (Phi) is 6.14. The van der Waals surface area contributed by atoms with Crippen molar-refractivity contribution in [3.05, 3.63) is 109 Å². The summed E-state index contributed by atoms with van der Waals surface area (Å²) in [6.45, 7) is 0.491. The zero-order valence-corrected chi connectivity index (χ0v) is 16.8. The second kappa shape index (κ2) is 9.50. The lowest BCUT2D eigenvalue weighted by Gasteiger charge is -2.12. The van der Waals surface area contributed by atoms with Crippen LogP contribution in [-0.4, -0.2) is 15.9 Å². The fourth-order valence-electron chi connectivity index (χ4n) is 3.25. The van der Waals surface area contributed by atoms with Crippen molar-refractivity contribution in [2.45, 2.75) is 6.61 Å². The molecule has 5 heteroatoms. The Hall–Kier alpha value is -4.25. The molecule has 0 radical (unpaired) electrons. The van der Waals surface area contributed by atoms with Gasteiger partial charge in [-0.2, -0.15) is 0 Å². The highest BCUT2D eigenvalue weighted by Gasteiger charge is 2.08. The number of carbonyl (C=O) groups excluding carboxylic acids is 1. The van der Waals surface area contributed by atoms with Gasteiger partial charge in [-0.25, -0.2) is 9.97 Å². The summed E-state index contributed by atoms with van der Waals surface area (Å²) < 4.78 is 5.98. The van der Waals surface area contributed by atoms with E-state index in [9.17, 15) is 4.79 Å². The smallest absolute Gasteiger partial charge is 0.241 e. The number of aromatic nitrogens is 2. The van der Waals surface area contributed by atoms with E-state index in [-0.39, 0.29) is 0 Å². The SMILES string of the molecule is NC(=O)/C=C/c1cc(-c2ccncn2)ccc1-c1cccc(OCc2ccccc2)c1. The predicted octanol–water partition coefficient (Wildman–Crippen LogP) is 4.89. The molecule has 2 N–H and O–H groups in total. The number of hydrogen-bond acceptors (Lipinski definition) is 4. The highest BCUT2D eigenvalue weighted by molar-refractivity contribution is 5.92. The van der Waals surface area contributed by atoms with Gasteiger partial charge in [0, 0.05) is 17.8 Å². The summed E-state index contributed by atoms with van der Waals surface area (Å²) in [5.74, 6) is 0.268. The predicted molar refractivity (Wildman–Crippen MR) is 122 cm³/mol. The summed E-state index contributed by atoms with van der Waals surface area (Å²) in [5, 5.41) is 0. The van der Waals surface area contributed by atoms with Crippen LogP contribution in [0.2, 0.25) is 0 Å². The van der Waals surface area contributed by atoms with Crippen molar-refractivity contribution >= 4 is 12.0 Å². The van der Waals surface area contributed by atoms with Crippen molar-refractivity contribution in [2.75, 3.05) is 0 Å². The highest BCUT2D eigenvalue weighted by Crippen LogP contribution is 2.31. The van der Waals surface area contributed by atoms with Gasteiger partial charge in [-0.05, 0) is 52.6 Å². The number of amides is 1. The first-order chi connectivity index (χ1) is 15.2. The third-order valence-electron chi connectivity index (χ3n) is 4.75. The molecule has 0 spiro atoms. The maximum atomic E-state index is 11.3. The zero-order valence-electron chi connectivity index (χ0n) is 16.8. The molecule has 1 heterocycles. The van der Waals surface area contributed by atoms with Crippen molar-refractivity contribution < 1.29 is 9.53 Å². The molecular formula is C26H21N3O2. The van der Waals surface area contributed by atoms with Gasteiger partial charge in [-0.1, -0.05) is 54.6 Å². The molecular weight excluding hydrogens is 386 g/mol. The molecule has 0 unspecified atom stereocenters. The van der Waals surface area contributed by atoms with Crippen molar-refractivity contribution in [3.63, 3.8) is 0 Å². The van der Waals surface area contributed by atoms with E-state index in [1.54, 1.807) is 12.3 Å². The molecule has 31 heavy (non-hydrogen) atoms. The summed E-state index contributed by atoms with van der Waals surface area (Å²) in [6.07, 6.45) is 6.29. The number of rotatable bonds is 7. The lowest BCUT2D eigenvalue weighted by molar-refractivity contribution is -0.113. The van der Waals surface area contributed by atoms with E-state index in [1.807, 2.05) is 78.9 Å². The lowest BCUT2D eigenvalue weighted by Crippen LogP contribution is -2.05. The van der Waals surface area contributed by atoms with E-state index in [4.69, 9.17) is 10.5 Å². The average molecular weight is 407 g/mol. The highest BCUT2D eigenvalue weighted by atomic mass is 16.5. The maximum Gasteiger partial charge on any atom is 0.241 e. The van der Waals surface area contributed by atoms with Crippen molar-refractivity contribution in [1.29, 1.82) is 0 Å². The minimum atomic E-state index is -0.502. The van der Waals surface area contributed by atoms with Crippen LogP contribution < -0.4 is 10.5 Å². The number of nitrogens with zero attached hydrogens (tertiary/aromatic N) is 2. The van der Waals surface area contributed by atoms with Gasteiger partial charge in [0.2, 0.25) is 5.91 Å². The molecule has 1 amide bonds. The van der Waals surface area contributed by atoms with Crippen LogP contribution in [0.1, 0.15) is 11.1 Å². The number of carbonyl (C=O) groups is 1. The van der Waals surface area contributed by atoms with Gasteiger partial charge in [-0.15, -0.1) is 0 Å². The number of primary amides is 1. The van der Waals surface area contributed by atoms with Crippen LogP contribution in [0, 0.1) is 0 Å². The largest absolute Gasteiger partial charge is 0.489 e. The first-order valence-electron chi connectivity index (χ1n) is 9.84. The molecule has 0 saturated carbocycles. The van der Waals surface area contributed by atoms with E-state index < -0.39 is 5.91 Å². The normalized spacial score (nSPS) is 10.8. The molecule has 5 nitrogen and oxygen atoms in total. The molecule has 0 bridgehead atoms. The fourth-order valence-corrected chi connectivity index (χ4v) is 3.25. The number of hydrogen-bond donors (Lipinski definition) is 1. The van der Waals surface area contributed by atoms with Crippen molar-refractivity contribution in [2.24, 2.45) is 5.73 Å². The summed E-state index contributed by atoms with van der Waals surface area (Å²) >= 11 is 0. The van der Waals surface area contributed by atoms with Gasteiger partial charge >= 0.3 is 0 Å². The van der Waals surface area contributed by atoms with Crippen LogP contribution in [0.5, 0.6) is 5.75 Å². The minimum absolute atomic E-state index is 0.491. The standard InChI is InChI=1S/C26H21N3O2/c27-26(30)12-10-21-15-22(25-13-14-28-18-29-25)9-11-24(21)20-7-4-8-23(16-20)31-17-19-5-2-1-3-6-19/h1-16,18H,17H2,(H2,27,30)/b12-10+. The molecule has 3 aromatic carbocycles. The van der Waals surface area contributed by atoms with E-state index in [2.05, 4.69) is 9.97 Å². The van der Waals surface area contributed by atoms with E-state index in [0.29, 0.717) is 6.61 Å². The molecule has 1 aromatic heterocycles. The molecule has 0 saturated heterocycles. The van der Waals surface area contributed by atoms with E-state index in [0.717, 1.165) is 39.3 Å². The van der Waals surface area contributed by atoms with Crippen molar-refractivity contribution in [1.82, 2.24) is 9.97 Å². The second-order valence-electron chi connectivity index (χ2n) is 6.93. The summed E-state index contributed by atoms with van der Waals surface area (Å²) in [6, 6.07) is 25.7. The molecule has 0 atom stereocenters. The van der Waals surface area contributed by atoms with Crippen LogP contribution >= 0.6 is 0 Å². The molecule has 4 rings (SSSR count). The summed E-state index contributed by atoms with van der Waals surface area (Å²) in [4.78, 5) is 19.6. The molecule has 0 aliphatic rings. The van der Waals surface area contributed by atoms with Crippen LogP contribution in [-0.2, 0) is 11.4 Å². The van der Waals surface area contributed by atoms with Gasteiger partial charge in [0.05, 0.1) is 5.69 Å². The average Bonchev–Trinajstić information content (AvgIpc) is 2.82. The summed E-state index contributed by atoms with van der Waals surface area (Å²) in [5.41, 5.74) is 10.9. The van der Waals surface area contributed by atoms with E-state index >= 15 is 0 Å². The van der Waals surface area contributed by atoms with Crippen LogP contribution in [0.15, 0.2) is 97.5 Å². The summed E-state index contributed by atoms with van der Waals surface area (Å²) in [7, 11) is 0. The fraction of sp³-hybridized carbons (Fsp3) is 0.0385. The van der Waals surface area contributed by atoms with Crippen LogP contribution in [0.3, 0.4) is 0 Å². The monoisotopic (exact) mass is 407 g/mol. The Labute approximate surface area is 180 Å².